The highest BCUT2D eigenvalue weighted by Crippen LogP contribution is 2.35. The lowest BCUT2D eigenvalue weighted by atomic mass is 9.82. The second-order valence-electron chi connectivity index (χ2n) is 5.00. The first-order chi connectivity index (χ1) is 6.18. The van der Waals surface area contributed by atoms with Gasteiger partial charge in [0.25, 0.3) is 0 Å². The molecule has 2 saturated carbocycles. The molecule has 0 heterocycles. The second-order valence-corrected chi connectivity index (χ2v) is 5.00. The van der Waals surface area contributed by atoms with Crippen molar-refractivity contribution in [3.05, 3.63) is 0 Å². The first-order valence-corrected chi connectivity index (χ1v) is 5.60. The highest BCUT2D eigenvalue weighted by Gasteiger charge is 2.37. The molecule has 0 aromatic carbocycles. The minimum Gasteiger partial charge on any atom is -0.311 e. The van der Waals surface area contributed by atoms with Crippen LogP contribution >= 0.6 is 0 Å². The Hall–Kier alpha value is -0.110. The molecule has 0 spiro atoms. The van der Waals surface area contributed by atoms with Gasteiger partial charge < -0.3 is 5.32 Å². The number of rotatable bonds is 3. The minimum absolute atomic E-state index is 0.600. The predicted molar refractivity (Wildman–Crippen MR) is 52.5 cm³/mol. The maximum Gasteiger partial charge on any atom is 0.123 e. The predicted octanol–water partition coefficient (Wildman–Crippen LogP) is 2.66. The monoisotopic (exact) mass is 185 g/mol. The van der Waals surface area contributed by atoms with E-state index in [4.69, 9.17) is 0 Å². The molecule has 0 bridgehead atoms. The number of hydrogen-bond acceptors (Lipinski definition) is 1. The Labute approximate surface area is 80.1 Å². The Morgan fingerprint density at radius 3 is 2.62 bits per heavy atom. The molecule has 2 rings (SSSR count). The van der Waals surface area contributed by atoms with Gasteiger partial charge in [-0.15, -0.1) is 0 Å². The standard InChI is InChI=1S/C11H20FN/c1-9-3-4-10(7-9)13-8-11(12)5-2-6-11/h9-10,13H,2-8H2,1H3. The van der Waals surface area contributed by atoms with Crippen LogP contribution in [0.25, 0.3) is 0 Å². The summed E-state index contributed by atoms with van der Waals surface area (Å²) in [5.41, 5.74) is -0.841. The lowest BCUT2D eigenvalue weighted by molar-refractivity contribution is 0.0601. The Kier molecular flexibility index (Phi) is 2.59. The summed E-state index contributed by atoms with van der Waals surface area (Å²) in [6.07, 6.45) is 6.45. The Morgan fingerprint density at radius 1 is 1.38 bits per heavy atom. The molecule has 0 saturated heterocycles. The van der Waals surface area contributed by atoms with Crippen LogP contribution in [-0.2, 0) is 0 Å². The fourth-order valence-electron chi connectivity index (χ4n) is 2.46. The lowest BCUT2D eigenvalue weighted by Crippen LogP contribution is -2.45. The molecule has 2 unspecified atom stereocenters. The summed E-state index contributed by atoms with van der Waals surface area (Å²) in [5, 5.41) is 3.38. The van der Waals surface area contributed by atoms with Gasteiger partial charge in [0, 0.05) is 12.6 Å². The van der Waals surface area contributed by atoms with E-state index in [1.165, 1.54) is 19.3 Å². The highest BCUT2D eigenvalue weighted by atomic mass is 19.1. The van der Waals surface area contributed by atoms with Crippen LogP contribution in [0.1, 0.15) is 45.4 Å². The fraction of sp³-hybridized carbons (Fsp3) is 1.00. The van der Waals surface area contributed by atoms with Gasteiger partial charge in [-0.1, -0.05) is 6.92 Å². The number of halogens is 1. The van der Waals surface area contributed by atoms with Gasteiger partial charge in [-0.05, 0) is 44.4 Å². The molecule has 0 radical (unpaired) electrons. The average Bonchev–Trinajstić information content (AvgIpc) is 2.44. The van der Waals surface area contributed by atoms with E-state index in [9.17, 15) is 4.39 Å². The van der Waals surface area contributed by atoms with E-state index in [2.05, 4.69) is 12.2 Å². The largest absolute Gasteiger partial charge is 0.311 e. The Balaban J connectivity index is 1.67. The Bertz CT molecular complexity index is 177. The molecule has 0 aromatic heterocycles. The molecule has 0 amide bonds. The summed E-state index contributed by atoms with van der Waals surface area (Å²) >= 11 is 0. The van der Waals surface area contributed by atoms with E-state index in [0.29, 0.717) is 12.6 Å². The first kappa shape index (κ1) is 9.45. The van der Waals surface area contributed by atoms with Crippen molar-refractivity contribution in [3.63, 3.8) is 0 Å². The molecule has 0 aliphatic heterocycles. The summed E-state index contributed by atoms with van der Waals surface area (Å²) in [7, 11) is 0. The summed E-state index contributed by atoms with van der Waals surface area (Å²) in [4.78, 5) is 0. The number of nitrogens with one attached hydrogen (secondary N) is 1. The third-order valence-corrected chi connectivity index (χ3v) is 3.65. The van der Waals surface area contributed by atoms with Crippen molar-refractivity contribution in [1.29, 1.82) is 0 Å². The zero-order chi connectivity index (χ0) is 9.31. The summed E-state index contributed by atoms with van der Waals surface area (Å²) < 4.78 is 13.6. The van der Waals surface area contributed by atoms with Crippen molar-refractivity contribution < 1.29 is 4.39 Å². The van der Waals surface area contributed by atoms with Crippen LogP contribution in [-0.4, -0.2) is 18.3 Å². The maximum absolute atomic E-state index is 13.6. The van der Waals surface area contributed by atoms with Crippen molar-refractivity contribution in [2.24, 2.45) is 5.92 Å². The topological polar surface area (TPSA) is 12.0 Å². The summed E-state index contributed by atoms with van der Waals surface area (Å²) in [6, 6.07) is 0.600. The average molecular weight is 185 g/mol. The van der Waals surface area contributed by atoms with Crippen LogP contribution in [0.2, 0.25) is 0 Å². The van der Waals surface area contributed by atoms with Crippen LogP contribution in [0.3, 0.4) is 0 Å². The quantitative estimate of drug-likeness (QED) is 0.712. The molecule has 1 nitrogen and oxygen atoms in total. The molecule has 2 atom stereocenters. The van der Waals surface area contributed by atoms with Gasteiger partial charge >= 0.3 is 0 Å². The lowest BCUT2D eigenvalue weighted by Gasteiger charge is -2.35. The number of alkyl halides is 1. The Morgan fingerprint density at radius 2 is 2.15 bits per heavy atom. The van der Waals surface area contributed by atoms with Crippen LogP contribution in [0.15, 0.2) is 0 Å². The highest BCUT2D eigenvalue weighted by molar-refractivity contribution is 4.92. The zero-order valence-corrected chi connectivity index (χ0v) is 8.48. The smallest absolute Gasteiger partial charge is 0.123 e. The van der Waals surface area contributed by atoms with Gasteiger partial charge in [0.15, 0.2) is 0 Å². The van der Waals surface area contributed by atoms with Crippen molar-refractivity contribution in [3.8, 4) is 0 Å². The van der Waals surface area contributed by atoms with E-state index in [1.54, 1.807) is 0 Å². The van der Waals surface area contributed by atoms with Crippen molar-refractivity contribution in [2.45, 2.75) is 57.2 Å². The summed E-state index contributed by atoms with van der Waals surface area (Å²) in [6.45, 7) is 2.89. The van der Waals surface area contributed by atoms with Crippen LogP contribution in [0, 0.1) is 5.92 Å². The molecule has 76 valence electrons. The SMILES string of the molecule is CC1CCC(NCC2(F)CCC2)C1. The second kappa shape index (κ2) is 3.56. The third kappa shape index (κ3) is 2.22. The molecule has 2 aliphatic carbocycles. The first-order valence-electron chi connectivity index (χ1n) is 5.60. The van der Waals surface area contributed by atoms with Gasteiger partial charge in [-0.3, -0.25) is 0 Å². The molecule has 13 heavy (non-hydrogen) atoms. The maximum atomic E-state index is 13.6. The molecular formula is C11H20FN. The molecule has 2 aliphatic rings. The minimum atomic E-state index is -0.841. The van der Waals surface area contributed by atoms with Crippen LogP contribution in [0.5, 0.6) is 0 Å². The van der Waals surface area contributed by atoms with Crippen LogP contribution < -0.4 is 5.32 Å². The van der Waals surface area contributed by atoms with E-state index in [-0.39, 0.29) is 0 Å². The van der Waals surface area contributed by atoms with Gasteiger partial charge in [0.1, 0.15) is 5.67 Å². The van der Waals surface area contributed by atoms with Gasteiger partial charge in [0.05, 0.1) is 0 Å². The number of hydrogen-bond donors (Lipinski definition) is 1. The molecular weight excluding hydrogens is 165 g/mol. The molecule has 1 N–H and O–H groups in total. The molecule has 2 heteroatoms. The molecule has 2 fully saturated rings. The van der Waals surface area contributed by atoms with Crippen molar-refractivity contribution in [1.82, 2.24) is 5.32 Å². The van der Waals surface area contributed by atoms with Gasteiger partial charge in [0.2, 0.25) is 0 Å². The van der Waals surface area contributed by atoms with Crippen molar-refractivity contribution in [2.75, 3.05) is 6.54 Å². The molecule has 0 aromatic rings. The van der Waals surface area contributed by atoms with Crippen LogP contribution in [0.4, 0.5) is 4.39 Å². The van der Waals surface area contributed by atoms with Crippen molar-refractivity contribution >= 4 is 0 Å². The van der Waals surface area contributed by atoms with E-state index in [1.807, 2.05) is 0 Å². The van der Waals surface area contributed by atoms with E-state index < -0.39 is 5.67 Å². The van der Waals surface area contributed by atoms with Gasteiger partial charge in [-0.25, -0.2) is 4.39 Å². The fourth-order valence-corrected chi connectivity index (χ4v) is 2.46. The zero-order valence-electron chi connectivity index (χ0n) is 8.48. The van der Waals surface area contributed by atoms with E-state index in [0.717, 1.165) is 25.2 Å². The van der Waals surface area contributed by atoms with Gasteiger partial charge in [-0.2, -0.15) is 0 Å². The third-order valence-electron chi connectivity index (χ3n) is 3.65. The summed E-state index contributed by atoms with van der Waals surface area (Å²) in [5.74, 6) is 0.842. The van der Waals surface area contributed by atoms with E-state index >= 15 is 0 Å². The normalized spacial score (nSPS) is 37.4.